The van der Waals surface area contributed by atoms with Crippen molar-refractivity contribution >= 4 is 11.6 Å². The van der Waals surface area contributed by atoms with Crippen LogP contribution >= 0.6 is 0 Å². The van der Waals surface area contributed by atoms with E-state index in [1.54, 1.807) is 12.1 Å². The molecule has 0 unspecified atom stereocenters. The number of piperidine rings is 1. The lowest BCUT2D eigenvalue weighted by atomic mass is 10.0. The number of carbonyl (C=O) groups excluding carboxylic acids is 1. The molecule has 5 nitrogen and oxygen atoms in total. The quantitative estimate of drug-likeness (QED) is 0.831. The number of hydrogen-bond acceptors (Lipinski definition) is 4. The van der Waals surface area contributed by atoms with Gasteiger partial charge in [-0.05, 0) is 37.1 Å². The number of anilines is 1. The molecule has 2 aliphatic rings. The van der Waals surface area contributed by atoms with Gasteiger partial charge in [0.15, 0.2) is 0 Å². The smallest absolute Gasteiger partial charge is 0.253 e. The van der Waals surface area contributed by atoms with E-state index in [9.17, 15) is 4.79 Å². The monoisotopic (exact) mass is 289 g/mol. The highest BCUT2D eigenvalue weighted by Crippen LogP contribution is 2.19. The van der Waals surface area contributed by atoms with Crippen molar-refractivity contribution in [1.82, 2.24) is 9.80 Å². The average Bonchev–Trinajstić information content (AvgIpc) is 2.56. The first kappa shape index (κ1) is 14.4. The molecule has 2 aliphatic heterocycles. The van der Waals surface area contributed by atoms with Crippen molar-refractivity contribution < 1.29 is 9.53 Å². The van der Waals surface area contributed by atoms with Gasteiger partial charge in [0.1, 0.15) is 0 Å². The summed E-state index contributed by atoms with van der Waals surface area (Å²) in [6.07, 6.45) is 2.11. The summed E-state index contributed by atoms with van der Waals surface area (Å²) >= 11 is 0. The summed E-state index contributed by atoms with van der Waals surface area (Å²) < 4.78 is 5.40. The molecule has 0 radical (unpaired) electrons. The molecule has 1 aromatic carbocycles. The van der Waals surface area contributed by atoms with Crippen molar-refractivity contribution in [3.63, 3.8) is 0 Å². The number of hydrogen-bond donors (Lipinski definition) is 1. The Hall–Kier alpha value is -1.59. The van der Waals surface area contributed by atoms with Crippen LogP contribution in [0.4, 0.5) is 5.69 Å². The molecule has 1 amide bonds. The van der Waals surface area contributed by atoms with Gasteiger partial charge in [0.25, 0.3) is 5.91 Å². The van der Waals surface area contributed by atoms with Crippen LogP contribution in [0.2, 0.25) is 0 Å². The first-order chi connectivity index (χ1) is 10.2. The first-order valence-corrected chi connectivity index (χ1v) is 7.70. The highest BCUT2D eigenvalue weighted by molar-refractivity contribution is 5.94. The van der Waals surface area contributed by atoms with Crippen LogP contribution < -0.4 is 5.73 Å². The highest BCUT2D eigenvalue weighted by atomic mass is 16.5. The van der Waals surface area contributed by atoms with Gasteiger partial charge in [-0.3, -0.25) is 9.69 Å². The van der Waals surface area contributed by atoms with E-state index in [4.69, 9.17) is 10.5 Å². The fraction of sp³-hybridized carbons (Fsp3) is 0.562. The zero-order valence-corrected chi connectivity index (χ0v) is 12.3. The van der Waals surface area contributed by atoms with Gasteiger partial charge in [-0.25, -0.2) is 0 Å². The Morgan fingerprint density at radius 3 is 2.29 bits per heavy atom. The van der Waals surface area contributed by atoms with Crippen LogP contribution in [0.3, 0.4) is 0 Å². The number of carbonyl (C=O) groups is 1. The Kier molecular flexibility index (Phi) is 4.41. The summed E-state index contributed by atoms with van der Waals surface area (Å²) in [7, 11) is 0. The summed E-state index contributed by atoms with van der Waals surface area (Å²) in [5.41, 5.74) is 7.09. The molecule has 0 atom stereocenters. The van der Waals surface area contributed by atoms with Crippen LogP contribution in [0.25, 0.3) is 0 Å². The second-order valence-corrected chi connectivity index (χ2v) is 5.79. The van der Waals surface area contributed by atoms with Crippen molar-refractivity contribution in [3.8, 4) is 0 Å². The molecule has 2 fully saturated rings. The van der Waals surface area contributed by atoms with Crippen molar-refractivity contribution in [2.45, 2.75) is 18.9 Å². The van der Waals surface area contributed by atoms with E-state index in [0.29, 0.717) is 11.7 Å². The van der Waals surface area contributed by atoms with E-state index in [0.717, 1.165) is 57.8 Å². The predicted octanol–water partition coefficient (Wildman–Crippen LogP) is 1.21. The number of nitrogens with zero attached hydrogens (tertiary/aromatic N) is 2. The number of likely N-dealkylation sites (tertiary alicyclic amines) is 1. The minimum atomic E-state index is 0.121. The van der Waals surface area contributed by atoms with Gasteiger partial charge in [0.05, 0.1) is 13.2 Å². The SMILES string of the molecule is Nc1ccc(C(=O)N2CCC(N3CCOCC3)CC2)cc1. The maximum Gasteiger partial charge on any atom is 0.253 e. The molecule has 0 saturated carbocycles. The second-order valence-electron chi connectivity index (χ2n) is 5.79. The van der Waals surface area contributed by atoms with E-state index >= 15 is 0 Å². The van der Waals surface area contributed by atoms with Crippen molar-refractivity contribution in [2.24, 2.45) is 0 Å². The summed E-state index contributed by atoms with van der Waals surface area (Å²) in [5, 5.41) is 0. The molecule has 0 spiro atoms. The Labute approximate surface area is 125 Å². The van der Waals surface area contributed by atoms with Gasteiger partial charge in [-0.15, -0.1) is 0 Å². The molecule has 5 heteroatoms. The Balaban J connectivity index is 1.55. The standard InChI is InChI=1S/C16H23N3O2/c17-14-3-1-13(2-4-14)16(20)19-7-5-15(6-8-19)18-9-11-21-12-10-18/h1-4,15H,5-12,17H2. The molecule has 0 aromatic heterocycles. The highest BCUT2D eigenvalue weighted by Gasteiger charge is 2.28. The number of rotatable bonds is 2. The Morgan fingerprint density at radius 2 is 1.67 bits per heavy atom. The van der Waals surface area contributed by atoms with E-state index in [-0.39, 0.29) is 5.91 Å². The lowest BCUT2D eigenvalue weighted by molar-refractivity contribution is 0.00159. The molecule has 114 valence electrons. The third-order valence-electron chi connectivity index (χ3n) is 4.47. The predicted molar refractivity (Wildman–Crippen MR) is 82.2 cm³/mol. The van der Waals surface area contributed by atoms with E-state index < -0.39 is 0 Å². The van der Waals surface area contributed by atoms with Crippen LogP contribution in [0, 0.1) is 0 Å². The molecule has 0 bridgehead atoms. The lowest BCUT2D eigenvalue weighted by Gasteiger charge is -2.40. The zero-order valence-electron chi connectivity index (χ0n) is 12.3. The van der Waals surface area contributed by atoms with Crippen LogP contribution in [-0.2, 0) is 4.74 Å². The molecular formula is C16H23N3O2. The molecule has 21 heavy (non-hydrogen) atoms. The van der Waals surface area contributed by atoms with Gasteiger partial charge in [0, 0.05) is 43.5 Å². The number of morpholine rings is 1. The van der Waals surface area contributed by atoms with Crippen molar-refractivity contribution in [2.75, 3.05) is 45.1 Å². The number of nitrogen functional groups attached to an aromatic ring is 1. The maximum atomic E-state index is 12.4. The molecule has 0 aliphatic carbocycles. The van der Waals surface area contributed by atoms with Gasteiger partial charge in [-0.1, -0.05) is 0 Å². The third kappa shape index (κ3) is 3.36. The van der Waals surface area contributed by atoms with Crippen LogP contribution in [-0.4, -0.2) is 61.1 Å². The normalized spacial score (nSPS) is 21.4. The third-order valence-corrected chi connectivity index (χ3v) is 4.47. The van der Waals surface area contributed by atoms with Gasteiger partial charge in [-0.2, -0.15) is 0 Å². The van der Waals surface area contributed by atoms with Gasteiger partial charge in [0.2, 0.25) is 0 Å². The maximum absolute atomic E-state index is 12.4. The zero-order chi connectivity index (χ0) is 14.7. The largest absolute Gasteiger partial charge is 0.399 e. The summed E-state index contributed by atoms with van der Waals surface area (Å²) in [6, 6.07) is 7.79. The fourth-order valence-corrected chi connectivity index (χ4v) is 3.18. The Morgan fingerprint density at radius 1 is 1.05 bits per heavy atom. The molecule has 2 saturated heterocycles. The van der Waals surface area contributed by atoms with E-state index in [2.05, 4.69) is 4.90 Å². The number of benzene rings is 1. The van der Waals surface area contributed by atoms with Crippen LogP contribution in [0.1, 0.15) is 23.2 Å². The molecule has 2 heterocycles. The average molecular weight is 289 g/mol. The van der Waals surface area contributed by atoms with Crippen LogP contribution in [0.5, 0.6) is 0 Å². The van der Waals surface area contributed by atoms with Gasteiger partial charge < -0.3 is 15.4 Å². The molecular weight excluding hydrogens is 266 g/mol. The minimum absolute atomic E-state index is 0.121. The molecule has 1 aromatic rings. The Bertz CT molecular complexity index is 475. The number of nitrogens with two attached hydrogens (primary N) is 1. The molecule has 3 rings (SSSR count). The number of ether oxygens (including phenoxy) is 1. The topological polar surface area (TPSA) is 58.8 Å². The summed E-state index contributed by atoms with van der Waals surface area (Å²) in [6.45, 7) is 5.40. The molecule has 2 N–H and O–H groups in total. The van der Waals surface area contributed by atoms with Crippen molar-refractivity contribution in [1.29, 1.82) is 0 Å². The summed E-state index contributed by atoms with van der Waals surface area (Å²) in [5.74, 6) is 0.121. The fourth-order valence-electron chi connectivity index (χ4n) is 3.18. The lowest BCUT2D eigenvalue weighted by Crippen LogP contribution is -2.50. The number of amides is 1. The minimum Gasteiger partial charge on any atom is -0.399 e. The summed E-state index contributed by atoms with van der Waals surface area (Å²) in [4.78, 5) is 16.9. The second kappa shape index (κ2) is 6.45. The first-order valence-electron chi connectivity index (χ1n) is 7.70. The van der Waals surface area contributed by atoms with Crippen LogP contribution in [0.15, 0.2) is 24.3 Å². The van der Waals surface area contributed by atoms with Gasteiger partial charge >= 0.3 is 0 Å². The van der Waals surface area contributed by atoms with E-state index in [1.165, 1.54) is 0 Å². The van der Waals surface area contributed by atoms with E-state index in [1.807, 2.05) is 17.0 Å². The van der Waals surface area contributed by atoms with Crippen molar-refractivity contribution in [3.05, 3.63) is 29.8 Å².